The molecule has 0 aliphatic heterocycles. The fourth-order valence-corrected chi connectivity index (χ4v) is 3.79. The molecule has 1 aliphatic rings. The van der Waals surface area contributed by atoms with Crippen molar-refractivity contribution in [2.24, 2.45) is 5.92 Å². The Hall–Kier alpha value is -2.49. The van der Waals surface area contributed by atoms with Gasteiger partial charge < -0.3 is 4.57 Å². The summed E-state index contributed by atoms with van der Waals surface area (Å²) < 4.78 is 2.38. The van der Waals surface area contributed by atoms with Crippen molar-refractivity contribution in [1.29, 1.82) is 0 Å². The highest BCUT2D eigenvalue weighted by molar-refractivity contribution is 5.67. The summed E-state index contributed by atoms with van der Waals surface area (Å²) in [7, 11) is 0. The van der Waals surface area contributed by atoms with Crippen molar-refractivity contribution in [2.75, 3.05) is 0 Å². The Morgan fingerprint density at radius 1 is 1.08 bits per heavy atom. The molecule has 25 heavy (non-hydrogen) atoms. The van der Waals surface area contributed by atoms with Crippen LogP contribution in [0.5, 0.6) is 0 Å². The Balaban J connectivity index is 1.73. The Morgan fingerprint density at radius 3 is 2.68 bits per heavy atom. The number of hydrogen-bond acceptors (Lipinski definition) is 3. The maximum atomic E-state index is 4.84. The monoisotopic (exact) mass is 332 g/mol. The van der Waals surface area contributed by atoms with Crippen LogP contribution in [0.4, 0.5) is 0 Å². The molecule has 0 atom stereocenters. The largest absolute Gasteiger partial charge is 0.327 e. The predicted molar refractivity (Wildman–Crippen MR) is 100 cm³/mol. The summed E-state index contributed by atoms with van der Waals surface area (Å²) in [5, 5.41) is 0. The number of pyridine rings is 2. The summed E-state index contributed by atoms with van der Waals surface area (Å²) in [5.41, 5.74) is 5.53. The van der Waals surface area contributed by atoms with E-state index >= 15 is 0 Å². The van der Waals surface area contributed by atoms with E-state index in [-0.39, 0.29) is 0 Å². The van der Waals surface area contributed by atoms with Crippen molar-refractivity contribution in [3.8, 4) is 22.6 Å². The highest BCUT2D eigenvalue weighted by atomic mass is 15.1. The van der Waals surface area contributed by atoms with Gasteiger partial charge in [0.15, 0.2) is 5.82 Å². The fraction of sp³-hybridized carbons (Fsp3) is 0.381. The summed E-state index contributed by atoms with van der Waals surface area (Å²) in [6.07, 6.45) is 11.0. The minimum Gasteiger partial charge on any atom is -0.327 e. The molecule has 0 N–H and O–H groups in total. The Kier molecular flexibility index (Phi) is 4.35. The van der Waals surface area contributed by atoms with Crippen molar-refractivity contribution in [2.45, 2.75) is 46.1 Å². The molecular weight excluding hydrogens is 308 g/mol. The van der Waals surface area contributed by atoms with Crippen LogP contribution in [0.25, 0.3) is 22.6 Å². The molecule has 0 radical (unpaired) electrons. The van der Waals surface area contributed by atoms with Crippen LogP contribution in [0, 0.1) is 19.8 Å². The van der Waals surface area contributed by atoms with Gasteiger partial charge in [0.25, 0.3) is 0 Å². The van der Waals surface area contributed by atoms with E-state index < -0.39 is 0 Å². The maximum absolute atomic E-state index is 4.84. The van der Waals surface area contributed by atoms with Crippen LogP contribution >= 0.6 is 0 Å². The van der Waals surface area contributed by atoms with Gasteiger partial charge in [-0.2, -0.15) is 0 Å². The summed E-state index contributed by atoms with van der Waals surface area (Å²) in [6, 6.07) is 8.20. The Labute approximate surface area is 149 Å². The van der Waals surface area contributed by atoms with Crippen LogP contribution in [0.1, 0.15) is 37.1 Å². The molecule has 0 spiro atoms. The van der Waals surface area contributed by atoms with E-state index in [9.17, 15) is 0 Å². The molecule has 0 saturated heterocycles. The van der Waals surface area contributed by atoms with Gasteiger partial charge in [0.1, 0.15) is 5.69 Å². The third kappa shape index (κ3) is 3.21. The van der Waals surface area contributed by atoms with Crippen molar-refractivity contribution in [3.63, 3.8) is 0 Å². The van der Waals surface area contributed by atoms with E-state index in [1.807, 2.05) is 24.5 Å². The van der Waals surface area contributed by atoms with Crippen LogP contribution in [-0.2, 0) is 6.54 Å². The molecule has 3 aromatic rings. The van der Waals surface area contributed by atoms with Crippen LogP contribution in [0.15, 0.2) is 42.9 Å². The van der Waals surface area contributed by atoms with Gasteiger partial charge in [-0.1, -0.05) is 18.9 Å². The average molecular weight is 332 g/mol. The number of aryl methyl sites for hydroxylation is 1. The van der Waals surface area contributed by atoms with E-state index in [2.05, 4.69) is 40.5 Å². The fourth-order valence-electron chi connectivity index (χ4n) is 3.79. The Morgan fingerprint density at radius 2 is 1.92 bits per heavy atom. The summed E-state index contributed by atoms with van der Waals surface area (Å²) in [5.74, 6) is 1.76. The van der Waals surface area contributed by atoms with E-state index in [1.54, 1.807) is 6.20 Å². The van der Waals surface area contributed by atoms with E-state index in [1.165, 1.54) is 31.4 Å². The second kappa shape index (κ2) is 6.79. The van der Waals surface area contributed by atoms with Crippen molar-refractivity contribution in [3.05, 3.63) is 54.2 Å². The van der Waals surface area contributed by atoms with E-state index in [4.69, 9.17) is 4.98 Å². The molecule has 1 fully saturated rings. The third-order valence-corrected chi connectivity index (χ3v) is 5.36. The minimum absolute atomic E-state index is 0.771. The lowest BCUT2D eigenvalue weighted by Gasteiger charge is -2.15. The molecule has 1 aliphatic carbocycles. The first kappa shape index (κ1) is 16.0. The van der Waals surface area contributed by atoms with Crippen LogP contribution in [0.2, 0.25) is 0 Å². The number of rotatable bonds is 4. The van der Waals surface area contributed by atoms with Gasteiger partial charge in [-0.05, 0) is 56.4 Å². The molecular formula is C21H24N4. The molecule has 0 amide bonds. The third-order valence-electron chi connectivity index (χ3n) is 5.36. The number of hydrogen-bond donors (Lipinski definition) is 0. The topological polar surface area (TPSA) is 43.6 Å². The Bertz CT molecular complexity index is 861. The molecule has 4 rings (SSSR count). The molecule has 4 heteroatoms. The van der Waals surface area contributed by atoms with Gasteiger partial charge in [0.05, 0.1) is 5.69 Å². The lowest BCUT2D eigenvalue weighted by Crippen LogP contribution is -2.10. The van der Waals surface area contributed by atoms with Gasteiger partial charge >= 0.3 is 0 Å². The van der Waals surface area contributed by atoms with E-state index in [0.717, 1.165) is 40.8 Å². The molecule has 4 nitrogen and oxygen atoms in total. The van der Waals surface area contributed by atoms with Gasteiger partial charge in [0, 0.05) is 36.4 Å². The lowest BCUT2D eigenvalue weighted by atomic mass is 10.1. The van der Waals surface area contributed by atoms with Crippen molar-refractivity contribution in [1.82, 2.24) is 19.5 Å². The standard InChI is InChI=1S/C21H24N4/c1-15-16(2)25(14-17-6-3-4-7-17)21(24-15)20-12-18(9-11-23-20)19-8-5-10-22-13-19/h5,8-13,17H,3-4,6-7,14H2,1-2H3. The van der Waals surface area contributed by atoms with Crippen molar-refractivity contribution < 1.29 is 0 Å². The molecule has 1 saturated carbocycles. The molecule has 0 bridgehead atoms. The quantitative estimate of drug-likeness (QED) is 0.688. The van der Waals surface area contributed by atoms with Gasteiger partial charge in [-0.15, -0.1) is 0 Å². The second-order valence-corrected chi connectivity index (χ2v) is 7.04. The number of nitrogens with zero attached hydrogens (tertiary/aromatic N) is 4. The summed E-state index contributed by atoms with van der Waals surface area (Å²) in [6.45, 7) is 5.32. The molecule has 0 aromatic carbocycles. The van der Waals surface area contributed by atoms with Gasteiger partial charge in [-0.3, -0.25) is 9.97 Å². The molecule has 3 aromatic heterocycles. The first-order valence-electron chi connectivity index (χ1n) is 9.13. The molecule has 0 unspecified atom stereocenters. The normalized spacial score (nSPS) is 15.0. The minimum atomic E-state index is 0.771. The van der Waals surface area contributed by atoms with Gasteiger partial charge in [-0.25, -0.2) is 4.98 Å². The van der Waals surface area contributed by atoms with Crippen LogP contribution in [0.3, 0.4) is 0 Å². The number of imidazole rings is 1. The highest BCUT2D eigenvalue weighted by Crippen LogP contribution is 2.30. The highest BCUT2D eigenvalue weighted by Gasteiger charge is 2.20. The molecule has 128 valence electrons. The molecule has 3 heterocycles. The predicted octanol–water partition coefficient (Wildman–Crippen LogP) is 4.81. The van der Waals surface area contributed by atoms with Gasteiger partial charge in [0.2, 0.25) is 0 Å². The summed E-state index contributed by atoms with van der Waals surface area (Å²) >= 11 is 0. The zero-order chi connectivity index (χ0) is 17.2. The smallest absolute Gasteiger partial charge is 0.159 e. The summed E-state index contributed by atoms with van der Waals surface area (Å²) in [4.78, 5) is 13.7. The SMILES string of the molecule is Cc1nc(-c2cc(-c3cccnc3)ccn2)n(CC2CCCC2)c1C. The zero-order valence-electron chi connectivity index (χ0n) is 14.9. The first-order chi connectivity index (χ1) is 12.2. The average Bonchev–Trinajstić information content (AvgIpc) is 3.27. The second-order valence-electron chi connectivity index (χ2n) is 7.04. The van der Waals surface area contributed by atoms with E-state index in [0.29, 0.717) is 0 Å². The maximum Gasteiger partial charge on any atom is 0.159 e. The zero-order valence-corrected chi connectivity index (χ0v) is 14.9. The van der Waals surface area contributed by atoms with Crippen molar-refractivity contribution >= 4 is 0 Å². The lowest BCUT2D eigenvalue weighted by molar-refractivity contribution is 0.454. The first-order valence-corrected chi connectivity index (χ1v) is 9.13. The van der Waals surface area contributed by atoms with Crippen LogP contribution < -0.4 is 0 Å². The number of aromatic nitrogens is 4. The van der Waals surface area contributed by atoms with Crippen LogP contribution in [-0.4, -0.2) is 19.5 Å².